The van der Waals surface area contributed by atoms with Crippen molar-refractivity contribution in [3.05, 3.63) is 65.3 Å². The van der Waals surface area contributed by atoms with Gasteiger partial charge in [-0.1, -0.05) is 12.1 Å². The molecule has 152 valence electrons. The van der Waals surface area contributed by atoms with Crippen molar-refractivity contribution >= 4 is 11.7 Å². The molecule has 2 atom stereocenters. The number of rotatable bonds is 7. The molecule has 1 aromatic heterocycles. The molecule has 7 heteroatoms. The van der Waals surface area contributed by atoms with Crippen LogP contribution in [0.25, 0.3) is 0 Å². The summed E-state index contributed by atoms with van der Waals surface area (Å²) in [6, 6.07) is 9.58. The van der Waals surface area contributed by atoms with E-state index in [1.54, 1.807) is 30.3 Å². The lowest BCUT2D eigenvalue weighted by atomic mass is 9.95. The van der Waals surface area contributed by atoms with Crippen molar-refractivity contribution in [2.75, 3.05) is 19.8 Å². The van der Waals surface area contributed by atoms with Gasteiger partial charge >= 0.3 is 0 Å². The summed E-state index contributed by atoms with van der Waals surface area (Å²) in [6.45, 7) is 3.39. The van der Waals surface area contributed by atoms with E-state index in [0.29, 0.717) is 31.1 Å². The topological polar surface area (TPSA) is 89.2 Å². The Morgan fingerprint density at radius 2 is 2.07 bits per heavy atom. The van der Waals surface area contributed by atoms with Crippen LogP contribution in [0.3, 0.4) is 0 Å². The predicted molar refractivity (Wildman–Crippen MR) is 104 cm³/mol. The second-order valence-electron chi connectivity index (χ2n) is 7.07. The van der Waals surface area contributed by atoms with Crippen molar-refractivity contribution in [1.82, 2.24) is 4.90 Å². The number of amides is 1. The first kappa shape index (κ1) is 19.3. The fourth-order valence-electron chi connectivity index (χ4n) is 3.88. The maximum absolute atomic E-state index is 13.1. The molecule has 0 spiro atoms. The quantitative estimate of drug-likeness (QED) is 0.720. The molecular weight excluding hydrogens is 374 g/mol. The third-order valence-corrected chi connectivity index (χ3v) is 5.22. The van der Waals surface area contributed by atoms with Gasteiger partial charge in [0.15, 0.2) is 11.5 Å². The molecule has 0 unspecified atom stereocenters. The molecule has 29 heavy (non-hydrogen) atoms. The monoisotopic (exact) mass is 397 g/mol. The number of carbonyl (C=O) groups excluding carboxylic acids is 2. The number of Topliss-reactive ketones (excluding diaryl/α,β-unsaturated/α-hetero) is 1. The zero-order valence-electron chi connectivity index (χ0n) is 16.2. The number of ether oxygens (including phenoxy) is 2. The summed E-state index contributed by atoms with van der Waals surface area (Å²) in [5, 5.41) is 10.6. The number of ketones is 1. The molecule has 2 aromatic rings. The molecule has 2 aliphatic heterocycles. The Balaban J connectivity index is 1.72. The van der Waals surface area contributed by atoms with Crippen LogP contribution in [-0.4, -0.2) is 47.6 Å². The maximum atomic E-state index is 13.1. The van der Waals surface area contributed by atoms with Gasteiger partial charge in [-0.3, -0.25) is 9.59 Å². The molecule has 1 saturated heterocycles. The van der Waals surface area contributed by atoms with Crippen LogP contribution in [0.15, 0.2) is 58.4 Å². The van der Waals surface area contributed by atoms with Crippen molar-refractivity contribution in [2.45, 2.75) is 31.9 Å². The van der Waals surface area contributed by atoms with Gasteiger partial charge in [-0.2, -0.15) is 0 Å². The van der Waals surface area contributed by atoms with Crippen LogP contribution in [0.4, 0.5) is 0 Å². The molecule has 1 N–H and O–H groups in total. The second kappa shape index (κ2) is 8.13. The van der Waals surface area contributed by atoms with Gasteiger partial charge in [-0.25, -0.2) is 0 Å². The smallest absolute Gasteiger partial charge is 0.290 e. The lowest BCUT2D eigenvalue weighted by Gasteiger charge is -2.28. The zero-order valence-corrected chi connectivity index (χ0v) is 16.2. The van der Waals surface area contributed by atoms with Crippen LogP contribution in [0.1, 0.15) is 41.9 Å². The SMILES string of the molecule is CCOc1ccc([C@H]2C(C(=O)c3ccco3)=C(O)C(=O)N2C[C@@H]2CCCO2)cc1. The number of furan rings is 1. The number of aliphatic hydroxyl groups is 1. The Morgan fingerprint density at radius 1 is 1.28 bits per heavy atom. The Kier molecular flexibility index (Phi) is 5.40. The standard InChI is InChI=1S/C22H23NO6/c1-2-27-15-9-7-14(8-10-15)19-18(20(24)17-6-4-12-29-17)21(25)22(26)23(19)13-16-5-3-11-28-16/h4,6-10,12,16,19,25H,2-3,5,11,13H2,1H3/t16-,19-/m0/s1. The van der Waals surface area contributed by atoms with Crippen LogP contribution < -0.4 is 4.74 Å². The average Bonchev–Trinajstić information content (AvgIpc) is 3.47. The zero-order chi connectivity index (χ0) is 20.4. The van der Waals surface area contributed by atoms with Gasteiger partial charge < -0.3 is 23.9 Å². The molecule has 0 radical (unpaired) electrons. The van der Waals surface area contributed by atoms with E-state index in [4.69, 9.17) is 13.9 Å². The summed E-state index contributed by atoms with van der Waals surface area (Å²) in [5.74, 6) is -0.847. The summed E-state index contributed by atoms with van der Waals surface area (Å²) >= 11 is 0. The third kappa shape index (κ3) is 3.65. The highest BCUT2D eigenvalue weighted by Gasteiger charge is 2.45. The van der Waals surface area contributed by atoms with Crippen LogP contribution in [-0.2, 0) is 9.53 Å². The van der Waals surface area contributed by atoms with E-state index in [-0.39, 0.29) is 17.4 Å². The summed E-state index contributed by atoms with van der Waals surface area (Å²) < 4.78 is 16.4. The van der Waals surface area contributed by atoms with Gasteiger partial charge in [0.25, 0.3) is 5.91 Å². The summed E-state index contributed by atoms with van der Waals surface area (Å²) in [6.07, 6.45) is 3.03. The van der Waals surface area contributed by atoms with Crippen molar-refractivity contribution in [3.8, 4) is 5.75 Å². The summed E-state index contributed by atoms with van der Waals surface area (Å²) in [7, 11) is 0. The molecule has 0 bridgehead atoms. The Morgan fingerprint density at radius 3 is 2.69 bits per heavy atom. The highest BCUT2D eigenvalue weighted by molar-refractivity contribution is 6.15. The van der Waals surface area contributed by atoms with Gasteiger partial charge in [0, 0.05) is 13.2 Å². The first-order valence-corrected chi connectivity index (χ1v) is 9.76. The highest BCUT2D eigenvalue weighted by atomic mass is 16.5. The molecular formula is C22H23NO6. The first-order valence-electron chi connectivity index (χ1n) is 9.76. The van der Waals surface area contributed by atoms with Crippen molar-refractivity contribution in [3.63, 3.8) is 0 Å². The van der Waals surface area contributed by atoms with Crippen molar-refractivity contribution in [1.29, 1.82) is 0 Å². The number of nitrogens with zero attached hydrogens (tertiary/aromatic N) is 1. The highest BCUT2D eigenvalue weighted by Crippen LogP contribution is 2.40. The summed E-state index contributed by atoms with van der Waals surface area (Å²) in [5.41, 5.74) is 0.728. The lowest BCUT2D eigenvalue weighted by molar-refractivity contribution is -0.131. The van der Waals surface area contributed by atoms with Gasteiger partial charge in [0.2, 0.25) is 5.78 Å². The minimum Gasteiger partial charge on any atom is -0.503 e. The molecule has 2 aliphatic rings. The number of aliphatic hydroxyl groups excluding tert-OH is 1. The number of hydrogen-bond acceptors (Lipinski definition) is 6. The Hall–Kier alpha value is -3.06. The minimum absolute atomic E-state index is 0.0205. The number of benzene rings is 1. The van der Waals surface area contributed by atoms with Crippen LogP contribution in [0, 0.1) is 0 Å². The average molecular weight is 397 g/mol. The van der Waals surface area contributed by atoms with E-state index in [1.807, 2.05) is 6.92 Å². The Bertz CT molecular complexity index is 909. The minimum atomic E-state index is -0.722. The Labute approximate surface area is 168 Å². The van der Waals surface area contributed by atoms with E-state index < -0.39 is 23.5 Å². The molecule has 0 aliphatic carbocycles. The second-order valence-corrected chi connectivity index (χ2v) is 7.07. The van der Waals surface area contributed by atoms with Gasteiger partial charge in [0.05, 0.1) is 30.6 Å². The maximum Gasteiger partial charge on any atom is 0.290 e. The first-order chi connectivity index (χ1) is 14.1. The van der Waals surface area contributed by atoms with E-state index in [9.17, 15) is 14.7 Å². The van der Waals surface area contributed by atoms with Gasteiger partial charge in [-0.05, 0) is 49.6 Å². The predicted octanol–water partition coefficient (Wildman–Crippen LogP) is 3.44. The normalized spacial score (nSPS) is 21.8. The number of hydrogen-bond donors (Lipinski definition) is 1. The summed E-state index contributed by atoms with van der Waals surface area (Å²) in [4.78, 5) is 27.5. The fourth-order valence-corrected chi connectivity index (χ4v) is 3.88. The third-order valence-electron chi connectivity index (χ3n) is 5.22. The van der Waals surface area contributed by atoms with Crippen molar-refractivity contribution < 1.29 is 28.6 Å². The molecule has 4 rings (SSSR count). The fraction of sp³-hybridized carbons (Fsp3) is 0.364. The number of carbonyl (C=O) groups is 2. The molecule has 7 nitrogen and oxygen atoms in total. The van der Waals surface area contributed by atoms with Crippen LogP contribution in [0.5, 0.6) is 5.75 Å². The van der Waals surface area contributed by atoms with E-state index >= 15 is 0 Å². The van der Waals surface area contributed by atoms with E-state index in [2.05, 4.69) is 0 Å². The van der Waals surface area contributed by atoms with Crippen molar-refractivity contribution in [2.24, 2.45) is 0 Å². The van der Waals surface area contributed by atoms with Gasteiger partial charge in [-0.15, -0.1) is 0 Å². The molecule has 0 saturated carbocycles. The molecule has 1 aromatic carbocycles. The van der Waals surface area contributed by atoms with Crippen LogP contribution >= 0.6 is 0 Å². The van der Waals surface area contributed by atoms with E-state index in [1.165, 1.54) is 17.2 Å². The molecule has 1 amide bonds. The molecule has 3 heterocycles. The molecule has 1 fully saturated rings. The lowest BCUT2D eigenvalue weighted by Crippen LogP contribution is -2.37. The van der Waals surface area contributed by atoms with Gasteiger partial charge in [0.1, 0.15) is 5.75 Å². The largest absolute Gasteiger partial charge is 0.503 e. The van der Waals surface area contributed by atoms with Crippen LogP contribution in [0.2, 0.25) is 0 Å². The van der Waals surface area contributed by atoms with E-state index in [0.717, 1.165) is 12.8 Å².